The predicted octanol–water partition coefficient (Wildman–Crippen LogP) is 5.48. The molecule has 2 unspecified atom stereocenters. The predicted molar refractivity (Wildman–Crippen MR) is 103 cm³/mol. The van der Waals surface area contributed by atoms with Crippen LogP contribution in [-0.2, 0) is 6.15 Å². The molecule has 5 heteroatoms. The van der Waals surface area contributed by atoms with Gasteiger partial charge in [0.25, 0.3) is 0 Å². The maximum absolute atomic E-state index is 6.44. The zero-order valence-corrected chi connectivity index (χ0v) is 19.1. The van der Waals surface area contributed by atoms with Gasteiger partial charge in [-0.3, -0.25) is 0 Å². The van der Waals surface area contributed by atoms with Gasteiger partial charge in [0.1, 0.15) is 0 Å². The summed E-state index contributed by atoms with van der Waals surface area (Å²) in [5.41, 5.74) is 0. The van der Waals surface area contributed by atoms with E-state index in [1.807, 2.05) is 0 Å². The third-order valence-corrected chi connectivity index (χ3v) is 14.7. The van der Waals surface area contributed by atoms with Crippen molar-refractivity contribution in [3.8, 4) is 0 Å². The molecule has 21 heavy (non-hydrogen) atoms. The summed E-state index contributed by atoms with van der Waals surface area (Å²) < 4.78 is 15.3. The maximum atomic E-state index is 6.44. The molecule has 2 atom stereocenters. The van der Waals surface area contributed by atoms with E-state index < -0.39 is 19.2 Å². The van der Waals surface area contributed by atoms with Gasteiger partial charge in [-0.25, -0.2) is 0 Å². The second-order valence-electron chi connectivity index (χ2n) is 6.09. The minimum atomic E-state index is -2.88. The van der Waals surface area contributed by atoms with Crippen LogP contribution in [0.5, 0.6) is 0 Å². The van der Waals surface area contributed by atoms with Gasteiger partial charge >= 0.3 is 149 Å². The fourth-order valence-electron chi connectivity index (χ4n) is 2.18. The first kappa shape index (κ1) is 22.4. The molecular formula is C16H36O2S2Sn. The summed E-state index contributed by atoms with van der Waals surface area (Å²) in [5, 5.41) is 0.813. The van der Waals surface area contributed by atoms with Gasteiger partial charge in [-0.15, -0.1) is 0 Å². The second-order valence-corrected chi connectivity index (χ2v) is 17.6. The quantitative estimate of drug-likeness (QED) is 0.274. The Balaban J connectivity index is 4.58. The molecular weight excluding hydrogens is 407 g/mol. The van der Waals surface area contributed by atoms with Gasteiger partial charge in [-0.05, 0) is 0 Å². The van der Waals surface area contributed by atoms with Crippen LogP contribution >= 0.6 is 25.3 Å². The van der Waals surface area contributed by atoms with Crippen molar-refractivity contribution in [3.05, 3.63) is 0 Å². The SMILES string of the molecule is CCC[CH2][Sn]([CH2]CCC)([O]CCC(C)S)[O]CCC(C)S. The van der Waals surface area contributed by atoms with Crippen LogP contribution in [0.3, 0.4) is 0 Å². The molecule has 0 heterocycles. The standard InChI is InChI=1S/2C4H9OS.2C4H9.Sn/c2*1-4(6)2-3-5;2*1-3-4-2;/h2*4,6H,2-3H2,1H3;2*1,3-4H2,2H3;/q2*-1;;;+2. The molecule has 2 nitrogen and oxygen atoms in total. The van der Waals surface area contributed by atoms with Gasteiger partial charge in [0.15, 0.2) is 0 Å². The van der Waals surface area contributed by atoms with Gasteiger partial charge in [0, 0.05) is 0 Å². The van der Waals surface area contributed by atoms with Crippen LogP contribution in [0.1, 0.15) is 66.2 Å². The molecule has 0 N–H and O–H groups in total. The van der Waals surface area contributed by atoms with E-state index >= 15 is 0 Å². The van der Waals surface area contributed by atoms with Crippen LogP contribution < -0.4 is 0 Å². The van der Waals surface area contributed by atoms with E-state index in [4.69, 9.17) is 6.15 Å². The number of hydrogen-bond donors (Lipinski definition) is 2. The Kier molecular flexibility index (Phi) is 14.8. The molecule has 0 aromatic carbocycles. The molecule has 0 aliphatic heterocycles. The van der Waals surface area contributed by atoms with E-state index in [1.54, 1.807) is 0 Å². The summed E-state index contributed by atoms with van der Waals surface area (Å²) in [5.74, 6) is 0. The fraction of sp³-hybridized carbons (Fsp3) is 1.00. The van der Waals surface area contributed by atoms with Crippen molar-refractivity contribution in [1.82, 2.24) is 0 Å². The zero-order valence-electron chi connectivity index (χ0n) is 14.4. The van der Waals surface area contributed by atoms with Crippen molar-refractivity contribution in [2.45, 2.75) is 85.6 Å². The van der Waals surface area contributed by atoms with E-state index in [9.17, 15) is 0 Å². The van der Waals surface area contributed by atoms with E-state index in [-0.39, 0.29) is 0 Å². The Morgan fingerprint density at radius 2 is 1.19 bits per heavy atom. The topological polar surface area (TPSA) is 18.5 Å². The molecule has 0 aromatic rings. The molecule has 0 fully saturated rings. The van der Waals surface area contributed by atoms with Gasteiger partial charge in [-0.1, -0.05) is 0 Å². The number of hydrogen-bond acceptors (Lipinski definition) is 4. The molecule has 128 valence electrons. The zero-order chi connectivity index (χ0) is 16.1. The number of unbranched alkanes of at least 4 members (excludes halogenated alkanes) is 2. The van der Waals surface area contributed by atoms with Crippen molar-refractivity contribution in [1.29, 1.82) is 0 Å². The van der Waals surface area contributed by atoms with Crippen LogP contribution in [0, 0.1) is 0 Å². The third kappa shape index (κ3) is 12.5. The van der Waals surface area contributed by atoms with Crippen LogP contribution in [0.4, 0.5) is 0 Å². The molecule has 0 bridgehead atoms. The van der Waals surface area contributed by atoms with Crippen molar-refractivity contribution in [3.63, 3.8) is 0 Å². The van der Waals surface area contributed by atoms with E-state index in [0.29, 0.717) is 10.5 Å². The fourth-order valence-corrected chi connectivity index (χ4v) is 12.9. The number of thiol groups is 2. The summed E-state index contributed by atoms with van der Waals surface area (Å²) >= 11 is 6.04. The van der Waals surface area contributed by atoms with Crippen molar-refractivity contribution >= 4 is 44.5 Å². The van der Waals surface area contributed by atoms with Crippen LogP contribution in [-0.4, -0.2) is 42.9 Å². The second kappa shape index (κ2) is 13.8. The average Bonchev–Trinajstić information content (AvgIpc) is 2.41. The van der Waals surface area contributed by atoms with E-state index in [0.717, 1.165) is 26.1 Å². The molecule has 0 aromatic heterocycles. The first-order chi connectivity index (χ1) is 9.95. The first-order valence-corrected chi connectivity index (χ1v) is 16.0. The molecule has 0 rings (SSSR count). The molecule has 0 saturated heterocycles. The summed E-state index contributed by atoms with van der Waals surface area (Å²) in [7, 11) is 0. The Bertz CT molecular complexity index is 214. The first-order valence-electron chi connectivity index (χ1n) is 8.59. The van der Waals surface area contributed by atoms with Crippen LogP contribution in [0.25, 0.3) is 0 Å². The van der Waals surface area contributed by atoms with Crippen LogP contribution in [0.2, 0.25) is 8.87 Å². The Hall–Kier alpha value is 1.42. The third-order valence-electron chi connectivity index (χ3n) is 3.62. The Morgan fingerprint density at radius 3 is 1.48 bits per heavy atom. The van der Waals surface area contributed by atoms with E-state index in [1.165, 1.54) is 34.6 Å². The van der Waals surface area contributed by atoms with Gasteiger partial charge in [-0.2, -0.15) is 0 Å². The molecule has 0 saturated carbocycles. The van der Waals surface area contributed by atoms with Gasteiger partial charge < -0.3 is 0 Å². The normalized spacial score (nSPS) is 15.1. The molecule has 0 spiro atoms. The molecule has 0 aliphatic carbocycles. The Labute approximate surface area is 148 Å². The van der Waals surface area contributed by atoms with Gasteiger partial charge in [0.2, 0.25) is 0 Å². The molecule has 0 aliphatic rings. The summed E-state index contributed by atoms with van der Waals surface area (Å²) in [4.78, 5) is 0. The monoisotopic (exact) mass is 444 g/mol. The molecule has 0 amide bonds. The summed E-state index contributed by atoms with van der Waals surface area (Å²) in [6.45, 7) is 10.4. The van der Waals surface area contributed by atoms with Crippen molar-refractivity contribution in [2.75, 3.05) is 13.2 Å². The van der Waals surface area contributed by atoms with Crippen molar-refractivity contribution < 1.29 is 6.15 Å². The average molecular weight is 443 g/mol. The van der Waals surface area contributed by atoms with Crippen molar-refractivity contribution in [2.24, 2.45) is 0 Å². The minimum absolute atomic E-state index is 0.406. The summed E-state index contributed by atoms with van der Waals surface area (Å²) in [6, 6.07) is 0. The van der Waals surface area contributed by atoms with Crippen LogP contribution in [0.15, 0.2) is 0 Å². The Morgan fingerprint density at radius 1 is 0.810 bits per heavy atom. The molecule has 0 radical (unpaired) electrons. The summed E-state index contributed by atoms with van der Waals surface area (Å²) in [6.07, 6.45) is 6.98. The van der Waals surface area contributed by atoms with Gasteiger partial charge in [0.05, 0.1) is 0 Å². The van der Waals surface area contributed by atoms with E-state index in [2.05, 4.69) is 53.0 Å². The number of rotatable bonds is 14.